The third kappa shape index (κ3) is 12.1. The van der Waals surface area contributed by atoms with Gasteiger partial charge in [0.15, 0.2) is 0 Å². The van der Waals surface area contributed by atoms with E-state index in [2.05, 4.69) is 84.1 Å². The van der Waals surface area contributed by atoms with Gasteiger partial charge < -0.3 is 8.33 Å². The molecule has 4 N–H and O–H groups in total. The van der Waals surface area contributed by atoms with Gasteiger partial charge in [0.2, 0.25) is 0 Å². The Labute approximate surface area is 637 Å². The molecular formula is C76H60InN8Na2O11S2. The van der Waals surface area contributed by atoms with Gasteiger partial charge in [-0.2, -0.15) is 0 Å². The molecule has 2 aromatic heterocycles. The fraction of sp³-hybridized carbons (Fsp3) is 0.158. The third-order valence-corrected chi connectivity index (χ3v) is 23.3. The fourth-order valence-electron chi connectivity index (χ4n) is 13.5. The normalized spacial score (nSPS) is 12.9. The third-order valence-electron chi connectivity index (χ3n) is 17.7. The monoisotopic (exact) mass is 1490 g/mol. The van der Waals surface area contributed by atoms with E-state index in [1.165, 1.54) is 12.1 Å². The Morgan fingerprint density at radius 3 is 1.39 bits per heavy atom. The molecule has 0 aliphatic carbocycles. The number of fused-ring (bicyclic) bond motifs is 18. The van der Waals surface area contributed by atoms with Crippen LogP contribution >= 0.6 is 12.0 Å². The number of nitrogens with zero attached hydrogens (tertiary/aromatic N) is 8. The summed E-state index contributed by atoms with van der Waals surface area (Å²) in [4.78, 5) is 35.5. The average molecular weight is 1490 g/mol. The van der Waals surface area contributed by atoms with E-state index in [0.717, 1.165) is 97.5 Å². The van der Waals surface area contributed by atoms with Crippen molar-refractivity contribution in [2.45, 2.75) is 63.2 Å². The molecule has 6 bridgehead atoms. The van der Waals surface area contributed by atoms with Gasteiger partial charge in [-0.25, -0.2) is 5.26 Å². The number of unbranched alkanes of at least 4 members (excludes halogenated alkanes) is 2. The minimum absolute atomic E-state index is 0. The quantitative estimate of drug-likeness (QED) is 0.0157. The van der Waals surface area contributed by atoms with Crippen LogP contribution < -0.4 is 89.0 Å². The molecule has 19 nitrogen and oxygen atoms in total. The number of benzene rings is 10. The second-order valence-electron chi connectivity index (χ2n) is 23.4. The van der Waals surface area contributed by atoms with Crippen LogP contribution in [0.15, 0.2) is 197 Å². The topological polar surface area (TPSA) is 245 Å². The van der Waals surface area contributed by atoms with Crippen LogP contribution in [0.4, 0.5) is 11.6 Å². The first kappa shape index (κ1) is 70.3. The van der Waals surface area contributed by atoms with Crippen LogP contribution in [0.3, 0.4) is 0 Å². The summed E-state index contributed by atoms with van der Waals surface area (Å²) in [7, 11) is -4.57. The summed E-state index contributed by atoms with van der Waals surface area (Å²) in [6.45, 7) is 8.67. The standard InChI is InChI=1S/C76H56N8O10S2.In.2Na.H2O.2H/c1-5-9-37-89-65-51-25-17-19-27-53(51)67(91-39-11-7-3)63-61(65)74-80-70-56-42-46-22-14-16-24-50(46)58(44-31-35-48(36-32-44)96(86,87)88)60(56)72(78-70)82-76-64-62(66(90-38-10-6-2)52-26-18-20-28-54(52)68(64)92-40-12-8-4)73(84-76)79-69-55-41-45-21-13-15-23-49(45)57(59(55)71(77-69)81-75(63)83-74)43-29-33-47(34-30-43)95-94-93-85;;;;;;/h13-36,41-42H,6-7,10-11,37-40H2,1-4H3,(H2-2,77,78,79,80,81,82,83,84,85,86,87,88);;;;1H2;;/q-2;+2;2*+1;;2*-1. The summed E-state index contributed by atoms with van der Waals surface area (Å²) < 4.78 is 73.8. The van der Waals surface area contributed by atoms with Gasteiger partial charge in [0.05, 0.1) is 0 Å². The molecule has 0 saturated carbocycles. The minimum Gasteiger partial charge on any atom is -1.00 e. The molecule has 0 spiro atoms. The molecule has 4 aliphatic heterocycles. The second-order valence-corrected chi connectivity index (χ2v) is 29.2. The average Bonchev–Trinajstić information content (AvgIpc) is 1.53. The van der Waals surface area contributed by atoms with Crippen molar-refractivity contribution in [3.05, 3.63) is 191 Å². The van der Waals surface area contributed by atoms with Crippen molar-refractivity contribution < 1.29 is 114 Å². The molecule has 0 unspecified atom stereocenters. The summed E-state index contributed by atoms with van der Waals surface area (Å²) in [5, 5.41) is 22.3. The molecule has 16 rings (SSSR count). The second kappa shape index (κ2) is 29.5. The SMILES string of the molecule is CC#CCOc1c2ccccc2c(OCCCC)c2c3[n]4c(c12)N=C1N=C(N=c2c5c(OCC#CC)c6ccccc6c(OCCCC)c5c([n]2[In]4)=NC2=NC(=N3)c3c2cc2ccccc2c3-c2ccc(SOOO)cc2)c2c1cc1ccccc1c2-c1ccc(S(=O)(=O)O)cc1.O.[H-].[H-].[Na+].[Na+]. The van der Waals surface area contributed by atoms with Crippen LogP contribution in [0, 0.1) is 23.7 Å². The molecule has 24 heteroatoms. The first-order valence-electron chi connectivity index (χ1n) is 31.7. The Morgan fingerprint density at radius 1 is 0.500 bits per heavy atom. The van der Waals surface area contributed by atoms with Crippen LogP contribution in [0.2, 0.25) is 0 Å². The van der Waals surface area contributed by atoms with Crippen LogP contribution in [-0.4, -0.2) is 102 Å². The van der Waals surface area contributed by atoms with E-state index in [1.807, 2.05) is 97.1 Å². The van der Waals surface area contributed by atoms with Crippen molar-refractivity contribution in [1.82, 2.24) is 5.11 Å². The minimum atomic E-state index is -4.57. The van der Waals surface area contributed by atoms with Crippen molar-refractivity contribution in [1.29, 1.82) is 0 Å². The van der Waals surface area contributed by atoms with Gasteiger partial charge >= 0.3 is 625 Å². The summed E-state index contributed by atoms with van der Waals surface area (Å²) >= 11 is -2.18. The molecular weight excluding hydrogens is 1430 g/mol. The Kier molecular flexibility index (Phi) is 20.7. The van der Waals surface area contributed by atoms with Crippen LogP contribution in [0.1, 0.15) is 78.5 Å². The molecule has 1 radical (unpaired) electrons. The van der Waals surface area contributed by atoms with Crippen molar-refractivity contribution in [2.75, 3.05) is 26.4 Å². The maximum Gasteiger partial charge on any atom is 1.00 e. The van der Waals surface area contributed by atoms with E-state index >= 15 is 0 Å². The van der Waals surface area contributed by atoms with Gasteiger partial charge in [-0.15, -0.1) is 0 Å². The van der Waals surface area contributed by atoms with Crippen molar-refractivity contribution in [3.63, 3.8) is 0 Å². The zero-order valence-corrected chi connectivity index (χ0v) is 64.2. The number of aromatic nitrogens is 2. The van der Waals surface area contributed by atoms with Gasteiger partial charge in [0.1, 0.15) is 0 Å². The molecule has 10 aromatic carbocycles. The first-order chi connectivity index (χ1) is 47.6. The predicted molar refractivity (Wildman–Crippen MR) is 387 cm³/mol. The largest absolute Gasteiger partial charge is 1.00 e. The Morgan fingerprint density at radius 2 is 0.910 bits per heavy atom. The smallest absolute Gasteiger partial charge is 1.00 e. The summed E-state index contributed by atoms with van der Waals surface area (Å²) in [5.74, 6) is 17.1. The molecule has 100 heavy (non-hydrogen) atoms. The molecule has 0 saturated heterocycles. The van der Waals surface area contributed by atoms with Crippen LogP contribution in [0.25, 0.3) is 86.9 Å². The summed E-state index contributed by atoms with van der Waals surface area (Å²) in [6.07, 6.45) is 3.24. The van der Waals surface area contributed by atoms with E-state index < -0.39 is 33.6 Å². The van der Waals surface area contributed by atoms with E-state index in [4.69, 9.17) is 58.5 Å². The number of ether oxygens (including phenoxy) is 4. The fourth-order valence-corrected chi connectivity index (χ4v) is 18.3. The van der Waals surface area contributed by atoms with E-state index in [1.54, 1.807) is 26.0 Å². The molecule has 0 fully saturated rings. The number of rotatable bonds is 18. The maximum atomic E-state index is 12.7. The first-order valence-corrected chi connectivity index (χ1v) is 36.9. The maximum absolute atomic E-state index is 12.7. The van der Waals surface area contributed by atoms with Gasteiger partial charge in [-0.1, -0.05) is 5.04 Å². The van der Waals surface area contributed by atoms with E-state index in [9.17, 15) is 13.0 Å². The summed E-state index contributed by atoms with van der Waals surface area (Å²) in [5.41, 5.74) is 6.73. The van der Waals surface area contributed by atoms with Crippen molar-refractivity contribution in [3.8, 4) is 68.9 Å². The van der Waals surface area contributed by atoms with Crippen LogP contribution in [-0.2, 0) is 19.5 Å². The molecule has 6 heterocycles. The zero-order valence-electron chi connectivity index (χ0n) is 57.3. The number of hydrogen-bond donors (Lipinski definition) is 2. The van der Waals surface area contributed by atoms with Crippen LogP contribution in [0.5, 0.6) is 23.0 Å². The van der Waals surface area contributed by atoms with Gasteiger partial charge in [-0.3, -0.25) is 0 Å². The van der Waals surface area contributed by atoms with E-state index in [0.29, 0.717) is 136 Å². The number of hydrogen-bond acceptors (Lipinski definition) is 16. The molecule has 487 valence electrons. The van der Waals surface area contributed by atoms with Gasteiger partial charge in [-0.05, 0) is 0 Å². The zero-order chi connectivity index (χ0) is 66.1. The molecule has 0 atom stereocenters. The Hall–Kier alpha value is -8.11. The van der Waals surface area contributed by atoms with E-state index in [-0.39, 0.29) is 85.6 Å². The molecule has 4 aliphatic rings. The summed E-state index contributed by atoms with van der Waals surface area (Å²) in [6, 6.07) is 50.6. The number of amidine groups is 4. The van der Waals surface area contributed by atoms with Crippen molar-refractivity contribution >= 4 is 145 Å². The van der Waals surface area contributed by atoms with Gasteiger partial charge in [0.25, 0.3) is 0 Å². The Balaban J connectivity index is 0.00000209. The predicted octanol–water partition coefficient (Wildman–Crippen LogP) is 8.66. The van der Waals surface area contributed by atoms with Crippen molar-refractivity contribution in [2.24, 2.45) is 30.0 Å². The molecule has 12 aromatic rings. The molecule has 0 amide bonds. The number of aliphatic imine (C=N–C) groups is 4. The van der Waals surface area contributed by atoms with Gasteiger partial charge in [0, 0.05) is 0 Å². The Bertz CT molecular complexity index is 5930.